The van der Waals surface area contributed by atoms with E-state index < -0.39 is 29.6 Å². The summed E-state index contributed by atoms with van der Waals surface area (Å²) in [7, 11) is 1.55. The summed E-state index contributed by atoms with van der Waals surface area (Å²) in [4.78, 5) is 26.8. The molecule has 2 aromatic rings. The number of nitrogens with zero attached hydrogens (tertiary/aromatic N) is 1. The highest BCUT2D eigenvalue weighted by atomic mass is 19.4. The lowest BCUT2D eigenvalue weighted by atomic mass is 10.1. The van der Waals surface area contributed by atoms with Crippen molar-refractivity contribution in [2.24, 2.45) is 0 Å². The van der Waals surface area contributed by atoms with Gasteiger partial charge in [-0.1, -0.05) is 12.1 Å². The Hall–Kier alpha value is -3.49. The highest BCUT2D eigenvalue weighted by Crippen LogP contribution is 2.36. The third-order valence-corrected chi connectivity index (χ3v) is 5.32. The van der Waals surface area contributed by atoms with E-state index in [4.69, 9.17) is 4.74 Å². The minimum absolute atomic E-state index is 0.0756. The fourth-order valence-electron chi connectivity index (χ4n) is 3.50. The lowest BCUT2D eigenvalue weighted by Crippen LogP contribution is -2.41. The van der Waals surface area contributed by atoms with Crippen LogP contribution in [0.4, 0.5) is 24.5 Å². The van der Waals surface area contributed by atoms with E-state index in [1.165, 1.54) is 19.1 Å². The van der Waals surface area contributed by atoms with Crippen LogP contribution in [0.5, 0.6) is 5.75 Å². The first kappa shape index (κ1) is 24.2. The minimum Gasteiger partial charge on any atom is -0.497 e. The molecule has 0 aromatic heterocycles. The molecule has 1 unspecified atom stereocenters. The number of carbonyl (C=O) groups is 2. The van der Waals surface area contributed by atoms with Gasteiger partial charge in [0.1, 0.15) is 11.8 Å². The van der Waals surface area contributed by atoms with Crippen LogP contribution in [0.25, 0.3) is 6.08 Å². The normalized spacial score (nSPS) is 14.9. The summed E-state index contributed by atoms with van der Waals surface area (Å²) in [6.07, 6.45) is 0.196. The number of hydrogen-bond donors (Lipinski definition) is 2. The molecule has 1 heterocycles. The van der Waals surface area contributed by atoms with Crippen molar-refractivity contribution in [2.75, 3.05) is 30.4 Å². The molecule has 33 heavy (non-hydrogen) atoms. The Morgan fingerprint density at radius 2 is 1.76 bits per heavy atom. The monoisotopic (exact) mass is 461 g/mol. The SMILES string of the molecule is COc1ccc(/C=C/C(=O)NC(C)C(=O)Nc2cc(C(F)(F)F)ccc2N2CCCC2)cc1. The Bertz CT molecular complexity index is 1010. The maximum Gasteiger partial charge on any atom is 0.416 e. The van der Waals surface area contributed by atoms with Crippen LogP contribution < -0.4 is 20.3 Å². The molecule has 1 aliphatic rings. The van der Waals surface area contributed by atoms with E-state index in [0.717, 1.165) is 30.5 Å². The van der Waals surface area contributed by atoms with Gasteiger partial charge in [0.05, 0.1) is 24.0 Å². The molecule has 6 nitrogen and oxygen atoms in total. The van der Waals surface area contributed by atoms with Crippen LogP contribution in [-0.4, -0.2) is 38.1 Å². The Kier molecular flexibility index (Phi) is 7.63. The Balaban J connectivity index is 1.67. The van der Waals surface area contributed by atoms with Gasteiger partial charge in [-0.15, -0.1) is 0 Å². The van der Waals surface area contributed by atoms with Crippen molar-refractivity contribution in [2.45, 2.75) is 32.0 Å². The Labute approximate surface area is 190 Å². The van der Waals surface area contributed by atoms with E-state index in [1.54, 1.807) is 37.5 Å². The second-order valence-electron chi connectivity index (χ2n) is 7.75. The van der Waals surface area contributed by atoms with Crippen LogP contribution >= 0.6 is 0 Å². The van der Waals surface area contributed by atoms with Crippen LogP contribution in [0.2, 0.25) is 0 Å². The molecule has 0 aliphatic carbocycles. The van der Waals surface area contributed by atoms with E-state index in [0.29, 0.717) is 24.5 Å². The molecule has 3 rings (SSSR count). The third-order valence-electron chi connectivity index (χ3n) is 5.32. The summed E-state index contributed by atoms with van der Waals surface area (Å²) in [5.41, 5.74) is 0.528. The van der Waals surface area contributed by atoms with E-state index in [-0.39, 0.29) is 5.69 Å². The average Bonchev–Trinajstić information content (AvgIpc) is 3.32. The second kappa shape index (κ2) is 10.4. The first-order valence-electron chi connectivity index (χ1n) is 10.6. The number of nitrogens with one attached hydrogen (secondary N) is 2. The van der Waals surface area contributed by atoms with Gasteiger partial charge < -0.3 is 20.3 Å². The molecule has 1 saturated heterocycles. The molecule has 0 saturated carbocycles. The summed E-state index contributed by atoms with van der Waals surface area (Å²) in [6.45, 7) is 2.88. The smallest absolute Gasteiger partial charge is 0.416 e. The van der Waals surface area contributed by atoms with Crippen LogP contribution in [0, 0.1) is 0 Å². The lowest BCUT2D eigenvalue weighted by molar-refractivity contribution is -0.137. The van der Waals surface area contributed by atoms with E-state index in [2.05, 4.69) is 10.6 Å². The molecular weight excluding hydrogens is 435 g/mol. The number of carbonyl (C=O) groups excluding carboxylic acids is 2. The molecule has 0 bridgehead atoms. The molecule has 2 aromatic carbocycles. The number of ether oxygens (including phenoxy) is 1. The largest absolute Gasteiger partial charge is 0.497 e. The highest BCUT2D eigenvalue weighted by Gasteiger charge is 2.32. The van der Waals surface area contributed by atoms with E-state index in [9.17, 15) is 22.8 Å². The number of benzene rings is 2. The van der Waals surface area contributed by atoms with Gasteiger partial charge in [-0.25, -0.2) is 0 Å². The van der Waals surface area contributed by atoms with Gasteiger partial charge in [0.15, 0.2) is 0 Å². The van der Waals surface area contributed by atoms with Crippen molar-refractivity contribution in [1.82, 2.24) is 5.32 Å². The van der Waals surface area contributed by atoms with E-state index in [1.807, 2.05) is 4.90 Å². The summed E-state index contributed by atoms with van der Waals surface area (Å²) < 4.78 is 44.7. The fourth-order valence-corrected chi connectivity index (χ4v) is 3.50. The summed E-state index contributed by atoms with van der Waals surface area (Å²) in [5.74, 6) is -0.428. The lowest BCUT2D eigenvalue weighted by Gasteiger charge is -2.23. The summed E-state index contributed by atoms with van der Waals surface area (Å²) in [5, 5.41) is 5.09. The molecule has 2 amide bonds. The minimum atomic E-state index is -4.53. The average molecular weight is 461 g/mol. The standard InChI is InChI=1S/C24H26F3N3O3/c1-16(28-22(31)12-7-17-5-9-19(33-2)10-6-17)23(32)29-20-15-18(24(25,26)27)8-11-21(20)30-13-3-4-14-30/h5-12,15-16H,3-4,13-14H2,1-2H3,(H,28,31)(H,29,32)/b12-7+. The van der Waals surface area contributed by atoms with Crippen LogP contribution in [-0.2, 0) is 15.8 Å². The van der Waals surface area contributed by atoms with Crippen LogP contribution in [0.15, 0.2) is 48.5 Å². The van der Waals surface area contributed by atoms with Crippen molar-refractivity contribution < 1.29 is 27.5 Å². The topological polar surface area (TPSA) is 70.7 Å². The van der Waals surface area contributed by atoms with Gasteiger partial charge in [0.2, 0.25) is 11.8 Å². The maximum atomic E-state index is 13.2. The maximum absolute atomic E-state index is 13.2. The van der Waals surface area contributed by atoms with Gasteiger partial charge in [-0.05, 0) is 61.7 Å². The number of rotatable bonds is 7. The Morgan fingerprint density at radius 1 is 1.09 bits per heavy atom. The number of methoxy groups -OCH3 is 1. The predicted molar refractivity (Wildman–Crippen MR) is 121 cm³/mol. The summed E-state index contributed by atoms with van der Waals surface area (Å²) >= 11 is 0. The number of hydrogen-bond acceptors (Lipinski definition) is 4. The van der Waals surface area contributed by atoms with Crippen LogP contribution in [0.1, 0.15) is 30.9 Å². The molecular formula is C24H26F3N3O3. The zero-order chi connectivity index (χ0) is 24.0. The molecule has 1 atom stereocenters. The van der Waals surface area contributed by atoms with Crippen molar-refractivity contribution in [3.05, 3.63) is 59.7 Å². The summed E-state index contributed by atoms with van der Waals surface area (Å²) in [6, 6.07) is 9.41. The quantitative estimate of drug-likeness (QED) is 0.597. The van der Waals surface area contributed by atoms with E-state index >= 15 is 0 Å². The van der Waals surface area contributed by atoms with Gasteiger partial charge in [0, 0.05) is 19.2 Å². The van der Waals surface area contributed by atoms with Crippen molar-refractivity contribution in [3.8, 4) is 5.75 Å². The van der Waals surface area contributed by atoms with Gasteiger partial charge in [0.25, 0.3) is 0 Å². The molecule has 1 fully saturated rings. The first-order valence-corrected chi connectivity index (χ1v) is 10.6. The highest BCUT2D eigenvalue weighted by molar-refractivity contribution is 6.01. The predicted octanol–water partition coefficient (Wildman–Crippen LogP) is 4.47. The van der Waals surface area contributed by atoms with Gasteiger partial charge >= 0.3 is 6.18 Å². The van der Waals surface area contributed by atoms with Crippen molar-refractivity contribution >= 4 is 29.3 Å². The molecule has 0 spiro atoms. The van der Waals surface area contributed by atoms with Crippen molar-refractivity contribution in [1.29, 1.82) is 0 Å². The van der Waals surface area contributed by atoms with Gasteiger partial charge in [-0.3, -0.25) is 9.59 Å². The van der Waals surface area contributed by atoms with Crippen molar-refractivity contribution in [3.63, 3.8) is 0 Å². The number of amides is 2. The first-order chi connectivity index (χ1) is 15.7. The molecule has 1 aliphatic heterocycles. The zero-order valence-electron chi connectivity index (χ0n) is 18.4. The third kappa shape index (κ3) is 6.50. The Morgan fingerprint density at radius 3 is 2.36 bits per heavy atom. The van der Waals surface area contributed by atoms with Gasteiger partial charge in [-0.2, -0.15) is 13.2 Å². The number of halogens is 3. The van der Waals surface area contributed by atoms with Crippen LogP contribution in [0.3, 0.4) is 0 Å². The molecule has 2 N–H and O–H groups in total. The number of alkyl halides is 3. The zero-order valence-corrected chi connectivity index (χ0v) is 18.4. The molecule has 9 heteroatoms. The fraction of sp³-hybridized carbons (Fsp3) is 0.333. The molecule has 0 radical (unpaired) electrons. The number of anilines is 2. The second-order valence-corrected chi connectivity index (χ2v) is 7.75. The molecule has 176 valence electrons.